The summed E-state index contributed by atoms with van der Waals surface area (Å²) in [7, 11) is 1.87. The van der Waals surface area contributed by atoms with Gasteiger partial charge in [0.2, 0.25) is 0 Å². The van der Waals surface area contributed by atoms with Crippen LogP contribution in [0.1, 0.15) is 29.8 Å². The predicted octanol–water partition coefficient (Wildman–Crippen LogP) is 3.69. The van der Waals surface area contributed by atoms with Crippen LogP contribution in [0.4, 0.5) is 0 Å². The number of hydrogen-bond donors (Lipinski definition) is 0. The normalized spacial score (nSPS) is 18.0. The lowest BCUT2D eigenvalue weighted by atomic mass is 10.1. The van der Waals surface area contributed by atoms with Gasteiger partial charge in [0, 0.05) is 18.8 Å². The Balaban J connectivity index is 1.90. The summed E-state index contributed by atoms with van der Waals surface area (Å²) < 4.78 is 2.34. The molecule has 1 amide bonds. The van der Waals surface area contributed by atoms with E-state index in [1.54, 1.807) is 9.58 Å². The number of aryl methyl sites for hydroxylation is 2. The first-order valence-electron chi connectivity index (χ1n) is 7.29. The van der Waals surface area contributed by atoms with Crippen LogP contribution in [0.15, 0.2) is 41.4 Å². The minimum Gasteiger partial charge on any atom is -0.286 e. The zero-order chi connectivity index (χ0) is 16.6. The highest BCUT2D eigenvalue weighted by molar-refractivity contribution is 8.26. The van der Waals surface area contributed by atoms with Gasteiger partial charge in [-0.2, -0.15) is 5.10 Å². The van der Waals surface area contributed by atoms with Gasteiger partial charge in [-0.15, -0.1) is 0 Å². The molecule has 1 aliphatic heterocycles. The predicted molar refractivity (Wildman–Crippen MR) is 97.8 cm³/mol. The molecule has 0 unspecified atom stereocenters. The van der Waals surface area contributed by atoms with Gasteiger partial charge in [-0.3, -0.25) is 14.4 Å². The molecule has 0 bridgehead atoms. The summed E-state index contributed by atoms with van der Waals surface area (Å²) in [4.78, 5) is 15.1. The molecule has 0 aliphatic carbocycles. The molecule has 1 aromatic heterocycles. The molecule has 1 saturated heterocycles. The second-order valence-electron chi connectivity index (χ2n) is 5.48. The number of hydrogen-bond acceptors (Lipinski definition) is 4. The van der Waals surface area contributed by atoms with Crippen LogP contribution in [-0.4, -0.2) is 24.9 Å². The SMILES string of the molecule is Cc1nn(C)cc1/C=C1/SC(=S)N([C@@H](C)c2ccccc2)C1=O. The number of benzene rings is 1. The number of aromatic nitrogens is 2. The van der Waals surface area contributed by atoms with Crippen LogP contribution in [0.25, 0.3) is 6.08 Å². The van der Waals surface area contributed by atoms with Crippen LogP contribution in [0, 0.1) is 6.92 Å². The van der Waals surface area contributed by atoms with Crippen LogP contribution in [0.5, 0.6) is 0 Å². The van der Waals surface area contributed by atoms with Crippen LogP contribution < -0.4 is 0 Å². The molecular formula is C17H17N3OS2. The second-order valence-corrected chi connectivity index (χ2v) is 7.16. The smallest absolute Gasteiger partial charge is 0.266 e. The number of thiocarbonyl (C=S) groups is 1. The number of carbonyl (C=O) groups is 1. The van der Waals surface area contributed by atoms with Crippen molar-refractivity contribution >= 4 is 40.3 Å². The quantitative estimate of drug-likeness (QED) is 0.629. The summed E-state index contributed by atoms with van der Waals surface area (Å²) in [5, 5.41) is 4.30. The first-order valence-corrected chi connectivity index (χ1v) is 8.52. The van der Waals surface area contributed by atoms with Gasteiger partial charge in [0.05, 0.1) is 16.6 Å². The lowest BCUT2D eigenvalue weighted by Gasteiger charge is -2.23. The highest BCUT2D eigenvalue weighted by atomic mass is 32.2. The second kappa shape index (κ2) is 6.29. The third-order valence-electron chi connectivity index (χ3n) is 3.83. The van der Waals surface area contributed by atoms with Crippen molar-refractivity contribution in [2.24, 2.45) is 7.05 Å². The molecule has 1 atom stereocenters. The average Bonchev–Trinajstić information content (AvgIpc) is 2.99. The number of amides is 1. The molecule has 1 fully saturated rings. The summed E-state index contributed by atoms with van der Waals surface area (Å²) in [6.45, 7) is 3.93. The summed E-state index contributed by atoms with van der Waals surface area (Å²) in [6, 6.07) is 9.85. The van der Waals surface area contributed by atoms with Crippen LogP contribution >= 0.6 is 24.0 Å². The fraction of sp³-hybridized carbons (Fsp3) is 0.235. The van der Waals surface area contributed by atoms with Crippen molar-refractivity contribution in [3.05, 3.63) is 58.3 Å². The Bertz CT molecular complexity index is 795. The molecule has 2 heterocycles. The number of carbonyl (C=O) groups excluding carboxylic acids is 1. The Kier molecular flexibility index (Phi) is 4.37. The monoisotopic (exact) mass is 343 g/mol. The highest BCUT2D eigenvalue weighted by Gasteiger charge is 2.36. The molecule has 0 N–H and O–H groups in total. The Morgan fingerprint density at radius 2 is 2.00 bits per heavy atom. The molecule has 1 aromatic carbocycles. The third-order valence-corrected chi connectivity index (χ3v) is 5.16. The van der Waals surface area contributed by atoms with E-state index in [1.807, 2.05) is 63.5 Å². The van der Waals surface area contributed by atoms with E-state index in [9.17, 15) is 4.79 Å². The van der Waals surface area contributed by atoms with E-state index in [4.69, 9.17) is 12.2 Å². The first-order chi connectivity index (χ1) is 11.0. The van der Waals surface area contributed by atoms with Crippen molar-refractivity contribution < 1.29 is 4.79 Å². The van der Waals surface area contributed by atoms with Crippen LogP contribution in [0.3, 0.4) is 0 Å². The molecular weight excluding hydrogens is 326 g/mol. The minimum absolute atomic E-state index is 0.0420. The van der Waals surface area contributed by atoms with E-state index in [-0.39, 0.29) is 11.9 Å². The Morgan fingerprint density at radius 1 is 1.30 bits per heavy atom. The van der Waals surface area contributed by atoms with Gasteiger partial charge in [0.1, 0.15) is 4.32 Å². The molecule has 23 heavy (non-hydrogen) atoms. The average molecular weight is 343 g/mol. The van der Waals surface area contributed by atoms with E-state index in [1.165, 1.54) is 11.8 Å². The largest absolute Gasteiger partial charge is 0.286 e. The molecule has 2 aromatic rings. The zero-order valence-corrected chi connectivity index (χ0v) is 14.8. The van der Waals surface area contributed by atoms with Gasteiger partial charge in [-0.05, 0) is 25.5 Å². The maximum absolute atomic E-state index is 12.8. The third kappa shape index (κ3) is 3.09. The topological polar surface area (TPSA) is 38.1 Å². The van der Waals surface area contributed by atoms with Crippen molar-refractivity contribution in [1.29, 1.82) is 0 Å². The fourth-order valence-corrected chi connectivity index (χ4v) is 4.00. The highest BCUT2D eigenvalue weighted by Crippen LogP contribution is 2.38. The van der Waals surface area contributed by atoms with Gasteiger partial charge in [-0.1, -0.05) is 54.3 Å². The van der Waals surface area contributed by atoms with E-state index >= 15 is 0 Å². The Labute approximate surface area is 145 Å². The first kappa shape index (κ1) is 16.0. The minimum atomic E-state index is -0.0791. The van der Waals surface area contributed by atoms with E-state index in [0.29, 0.717) is 9.23 Å². The molecule has 0 spiro atoms. The van der Waals surface area contributed by atoms with E-state index in [0.717, 1.165) is 16.8 Å². The molecule has 4 nitrogen and oxygen atoms in total. The number of nitrogens with zero attached hydrogens (tertiary/aromatic N) is 3. The van der Waals surface area contributed by atoms with Gasteiger partial charge < -0.3 is 0 Å². The molecule has 6 heteroatoms. The van der Waals surface area contributed by atoms with E-state index < -0.39 is 0 Å². The lowest BCUT2D eigenvalue weighted by molar-refractivity contribution is -0.123. The summed E-state index contributed by atoms with van der Waals surface area (Å²) >= 11 is 6.78. The zero-order valence-electron chi connectivity index (χ0n) is 13.2. The summed E-state index contributed by atoms with van der Waals surface area (Å²) in [5.74, 6) is -0.0420. The van der Waals surface area contributed by atoms with Gasteiger partial charge in [0.25, 0.3) is 5.91 Å². The van der Waals surface area contributed by atoms with Crippen molar-refractivity contribution in [2.45, 2.75) is 19.9 Å². The van der Waals surface area contributed by atoms with Crippen molar-refractivity contribution in [3.63, 3.8) is 0 Å². The molecule has 1 aliphatic rings. The molecule has 0 radical (unpaired) electrons. The van der Waals surface area contributed by atoms with Crippen molar-refractivity contribution in [2.75, 3.05) is 0 Å². The number of thioether (sulfide) groups is 1. The fourth-order valence-electron chi connectivity index (χ4n) is 2.60. The van der Waals surface area contributed by atoms with Crippen LogP contribution in [-0.2, 0) is 11.8 Å². The van der Waals surface area contributed by atoms with Crippen LogP contribution in [0.2, 0.25) is 0 Å². The van der Waals surface area contributed by atoms with Crippen molar-refractivity contribution in [3.8, 4) is 0 Å². The summed E-state index contributed by atoms with van der Waals surface area (Å²) in [5.41, 5.74) is 2.91. The van der Waals surface area contributed by atoms with Gasteiger partial charge in [0.15, 0.2) is 0 Å². The maximum atomic E-state index is 12.8. The van der Waals surface area contributed by atoms with Crippen molar-refractivity contribution in [1.82, 2.24) is 14.7 Å². The van der Waals surface area contributed by atoms with E-state index in [2.05, 4.69) is 5.10 Å². The molecule has 118 valence electrons. The molecule has 0 saturated carbocycles. The maximum Gasteiger partial charge on any atom is 0.266 e. The standard InChI is InChI=1S/C17H17N3OS2/c1-11-14(10-19(3)18-11)9-15-16(21)20(17(22)23-15)12(2)13-7-5-4-6-8-13/h4-10,12H,1-3H3/b15-9+/t12-/m0/s1. The Morgan fingerprint density at radius 3 is 2.61 bits per heavy atom. The molecule has 3 rings (SSSR count). The number of rotatable bonds is 3. The lowest BCUT2D eigenvalue weighted by Crippen LogP contribution is -2.30. The van der Waals surface area contributed by atoms with Gasteiger partial charge in [-0.25, -0.2) is 0 Å². The van der Waals surface area contributed by atoms with Gasteiger partial charge >= 0.3 is 0 Å². The summed E-state index contributed by atoms with van der Waals surface area (Å²) in [6.07, 6.45) is 3.78. The Hall–Kier alpha value is -1.92.